The van der Waals surface area contributed by atoms with E-state index < -0.39 is 0 Å². The van der Waals surface area contributed by atoms with Gasteiger partial charge in [0.2, 0.25) is 5.82 Å². The van der Waals surface area contributed by atoms with Crippen molar-refractivity contribution < 1.29 is 14.3 Å². The molecule has 130 valence electrons. The quantitative estimate of drug-likeness (QED) is 0.680. The highest BCUT2D eigenvalue weighted by Crippen LogP contribution is 2.25. The predicted molar refractivity (Wildman–Crippen MR) is 96.4 cm³/mol. The number of aromatic nitrogens is 3. The van der Waals surface area contributed by atoms with E-state index in [4.69, 9.17) is 21.1 Å². The molecule has 1 amide bonds. The third kappa shape index (κ3) is 3.54. The minimum atomic E-state index is -0.346. The van der Waals surface area contributed by atoms with Crippen molar-refractivity contribution in [3.63, 3.8) is 0 Å². The van der Waals surface area contributed by atoms with Crippen LogP contribution in [0.4, 0.5) is 0 Å². The van der Waals surface area contributed by atoms with Crippen LogP contribution in [-0.4, -0.2) is 34.5 Å². The van der Waals surface area contributed by atoms with Crippen LogP contribution < -0.4 is 14.8 Å². The Labute approximate surface area is 157 Å². The van der Waals surface area contributed by atoms with Crippen molar-refractivity contribution in [1.82, 2.24) is 19.7 Å². The average molecular weight is 426 g/mol. The molecule has 9 heteroatoms. The second-order valence-electron chi connectivity index (χ2n) is 5.05. The third-order valence-corrected chi connectivity index (χ3v) is 4.36. The third-order valence-electron chi connectivity index (χ3n) is 3.59. The number of nitrogens with one attached hydrogen (secondary N) is 1. The van der Waals surface area contributed by atoms with Gasteiger partial charge in [-0.1, -0.05) is 11.6 Å². The normalized spacial score (nSPS) is 10.7. The smallest absolute Gasteiger partial charge is 0.287 e. The summed E-state index contributed by atoms with van der Waals surface area (Å²) in [7, 11) is 3.14. The van der Waals surface area contributed by atoms with Gasteiger partial charge < -0.3 is 14.8 Å². The van der Waals surface area contributed by atoms with E-state index >= 15 is 0 Å². The van der Waals surface area contributed by atoms with Crippen LogP contribution in [0.15, 0.2) is 35.2 Å². The second-order valence-corrected chi connectivity index (χ2v) is 6.19. The van der Waals surface area contributed by atoms with Crippen LogP contribution in [0.3, 0.4) is 0 Å². The Kier molecular flexibility index (Phi) is 5.10. The van der Waals surface area contributed by atoms with Crippen LogP contribution >= 0.6 is 27.5 Å². The van der Waals surface area contributed by atoms with Gasteiger partial charge in [-0.25, -0.2) is 9.97 Å². The van der Waals surface area contributed by atoms with E-state index in [-0.39, 0.29) is 23.4 Å². The molecule has 0 aliphatic carbocycles. The topological polar surface area (TPSA) is 77.8 Å². The molecule has 3 rings (SSSR count). The van der Waals surface area contributed by atoms with Crippen molar-refractivity contribution in [2.45, 2.75) is 6.54 Å². The maximum absolute atomic E-state index is 12.5. The molecule has 0 unspecified atom stereocenters. The highest BCUT2D eigenvalue weighted by molar-refractivity contribution is 9.10. The minimum Gasteiger partial charge on any atom is -0.497 e. The molecule has 1 aromatic carbocycles. The summed E-state index contributed by atoms with van der Waals surface area (Å²) in [6, 6.07) is 5.39. The molecule has 0 saturated heterocycles. The number of hydrogen-bond acceptors (Lipinski definition) is 5. The van der Waals surface area contributed by atoms with Crippen molar-refractivity contribution in [3.8, 4) is 11.5 Å². The number of fused-ring (bicyclic) bond motifs is 1. The van der Waals surface area contributed by atoms with Crippen LogP contribution in [0.5, 0.6) is 11.5 Å². The molecule has 0 radical (unpaired) electrons. The van der Waals surface area contributed by atoms with Crippen LogP contribution in [0.2, 0.25) is 5.15 Å². The van der Waals surface area contributed by atoms with Crippen molar-refractivity contribution in [1.29, 1.82) is 0 Å². The average Bonchev–Trinajstić information content (AvgIpc) is 2.95. The number of nitrogens with zero attached hydrogens (tertiary/aromatic N) is 3. The number of carbonyl (C=O) groups excluding carboxylic acids is 1. The maximum atomic E-state index is 12.5. The molecular formula is C16H14BrClN4O3. The van der Waals surface area contributed by atoms with E-state index in [0.717, 1.165) is 5.56 Å². The molecule has 0 aliphatic heterocycles. The molecule has 25 heavy (non-hydrogen) atoms. The van der Waals surface area contributed by atoms with Crippen LogP contribution in [-0.2, 0) is 6.54 Å². The Morgan fingerprint density at radius 3 is 2.88 bits per heavy atom. The molecule has 2 aromatic heterocycles. The fourth-order valence-corrected chi connectivity index (χ4v) is 2.95. The van der Waals surface area contributed by atoms with Gasteiger partial charge in [-0.05, 0) is 28.1 Å². The van der Waals surface area contributed by atoms with E-state index in [9.17, 15) is 4.79 Å². The van der Waals surface area contributed by atoms with Gasteiger partial charge >= 0.3 is 0 Å². The highest BCUT2D eigenvalue weighted by atomic mass is 79.9. The van der Waals surface area contributed by atoms with Crippen LogP contribution in [0.1, 0.15) is 16.2 Å². The molecule has 0 bridgehead atoms. The number of carbonyl (C=O) groups is 1. The first-order chi connectivity index (χ1) is 12.0. The molecular weight excluding hydrogens is 412 g/mol. The number of ether oxygens (including phenoxy) is 2. The first-order valence-electron chi connectivity index (χ1n) is 7.21. The summed E-state index contributed by atoms with van der Waals surface area (Å²) in [5.41, 5.74) is 1.47. The first kappa shape index (κ1) is 17.5. The lowest BCUT2D eigenvalue weighted by molar-refractivity contribution is 0.0939. The molecule has 0 fully saturated rings. The minimum absolute atomic E-state index is 0.207. The summed E-state index contributed by atoms with van der Waals surface area (Å²) >= 11 is 9.23. The number of halogens is 2. The summed E-state index contributed by atoms with van der Waals surface area (Å²) in [6.07, 6.45) is 3.08. The van der Waals surface area contributed by atoms with Crippen LogP contribution in [0, 0.1) is 0 Å². The molecule has 0 saturated carbocycles. The standard InChI is InChI=1S/C16H14BrClN4O3/c1-24-10-4-3-9(12(5-10)25-2)6-20-16(23)15-21-14(17)11-7-19-13(18)8-22(11)15/h3-5,7-8H,6H2,1-2H3,(H,20,23). The second kappa shape index (κ2) is 7.28. The molecule has 7 nitrogen and oxygen atoms in total. The number of amides is 1. The molecule has 0 aliphatic rings. The number of hydrogen-bond donors (Lipinski definition) is 1. The summed E-state index contributed by atoms with van der Waals surface area (Å²) in [5, 5.41) is 3.09. The van der Waals surface area contributed by atoms with Crippen molar-refractivity contribution in [3.05, 3.63) is 51.7 Å². The van der Waals surface area contributed by atoms with Crippen molar-refractivity contribution in [2.75, 3.05) is 14.2 Å². The van der Waals surface area contributed by atoms with Gasteiger partial charge in [0.25, 0.3) is 5.91 Å². The Bertz CT molecular complexity index is 945. The fourth-order valence-electron chi connectivity index (χ4n) is 2.34. The van der Waals surface area contributed by atoms with Gasteiger partial charge in [-0.3, -0.25) is 9.20 Å². The SMILES string of the molecule is COc1ccc(CNC(=O)c2nc(Br)c3cnc(Cl)cn23)c(OC)c1. The lowest BCUT2D eigenvalue weighted by atomic mass is 10.2. The lowest BCUT2D eigenvalue weighted by Crippen LogP contribution is -2.25. The first-order valence-corrected chi connectivity index (χ1v) is 8.38. The van der Waals surface area contributed by atoms with Crippen molar-refractivity contribution in [2.24, 2.45) is 0 Å². The summed E-state index contributed by atoms with van der Waals surface area (Å²) < 4.78 is 12.6. The van der Waals surface area contributed by atoms with E-state index in [1.165, 1.54) is 6.20 Å². The molecule has 3 aromatic rings. The molecule has 2 heterocycles. The Hall–Kier alpha value is -2.32. The Morgan fingerprint density at radius 2 is 2.16 bits per heavy atom. The van der Waals surface area contributed by atoms with Gasteiger partial charge in [0.05, 0.1) is 25.9 Å². The molecule has 0 spiro atoms. The van der Waals surface area contributed by atoms with E-state index in [1.54, 1.807) is 36.9 Å². The molecule has 1 N–H and O–H groups in total. The summed E-state index contributed by atoms with van der Waals surface area (Å²) in [5.74, 6) is 1.16. The zero-order chi connectivity index (χ0) is 18.0. The summed E-state index contributed by atoms with van der Waals surface area (Å²) in [4.78, 5) is 20.8. The Balaban J connectivity index is 1.83. The summed E-state index contributed by atoms with van der Waals surface area (Å²) in [6.45, 7) is 0.275. The fraction of sp³-hybridized carbons (Fsp3) is 0.188. The van der Waals surface area contributed by atoms with E-state index in [0.29, 0.717) is 21.6 Å². The maximum Gasteiger partial charge on any atom is 0.287 e. The Morgan fingerprint density at radius 1 is 1.36 bits per heavy atom. The zero-order valence-electron chi connectivity index (χ0n) is 13.4. The highest BCUT2D eigenvalue weighted by Gasteiger charge is 2.17. The largest absolute Gasteiger partial charge is 0.497 e. The number of benzene rings is 1. The van der Waals surface area contributed by atoms with Gasteiger partial charge in [0.15, 0.2) is 0 Å². The lowest BCUT2D eigenvalue weighted by Gasteiger charge is -2.11. The van der Waals surface area contributed by atoms with Gasteiger partial charge in [-0.2, -0.15) is 0 Å². The van der Waals surface area contributed by atoms with Crippen LogP contribution in [0.25, 0.3) is 5.52 Å². The van der Waals surface area contributed by atoms with Gasteiger partial charge in [0.1, 0.15) is 21.3 Å². The number of imidazole rings is 1. The van der Waals surface area contributed by atoms with E-state index in [1.807, 2.05) is 6.07 Å². The monoisotopic (exact) mass is 424 g/mol. The van der Waals surface area contributed by atoms with Crippen molar-refractivity contribution >= 4 is 39.0 Å². The molecule has 0 atom stereocenters. The van der Waals surface area contributed by atoms with E-state index in [2.05, 4.69) is 31.2 Å². The predicted octanol–water partition coefficient (Wildman–Crippen LogP) is 3.09. The number of rotatable bonds is 5. The number of methoxy groups -OCH3 is 2. The van der Waals surface area contributed by atoms with Gasteiger partial charge in [0, 0.05) is 24.4 Å². The van der Waals surface area contributed by atoms with Gasteiger partial charge in [-0.15, -0.1) is 0 Å². The zero-order valence-corrected chi connectivity index (χ0v) is 15.8.